The molecule has 3 N–H and O–H groups in total. The molecule has 0 aromatic carbocycles. The third-order valence-corrected chi connectivity index (χ3v) is 3.02. The number of rotatable bonds is 6. The van der Waals surface area contributed by atoms with Gasteiger partial charge in [0.05, 0.1) is 11.8 Å². The summed E-state index contributed by atoms with van der Waals surface area (Å²) in [5.41, 5.74) is 8.37. The number of hydrogen-bond acceptors (Lipinski definition) is 4. The number of H-pyrrole nitrogens is 1. The molecule has 2 unspecified atom stereocenters. The zero-order valence-corrected chi connectivity index (χ0v) is 12.3. The zero-order chi connectivity index (χ0) is 15.3. The molecule has 2 atom stereocenters. The molecule has 0 bridgehead atoms. The molecule has 1 heterocycles. The fourth-order valence-electron chi connectivity index (χ4n) is 1.48. The van der Waals surface area contributed by atoms with Crippen LogP contribution in [0.3, 0.4) is 0 Å². The smallest absolute Gasteiger partial charge is 0.254 e. The van der Waals surface area contributed by atoms with Crippen molar-refractivity contribution >= 4 is 40.6 Å². The minimum absolute atomic E-state index is 0.00120. The van der Waals surface area contributed by atoms with Crippen LogP contribution in [0.25, 0.3) is 10.4 Å². The lowest BCUT2D eigenvalue weighted by molar-refractivity contribution is 0.0151. The molecule has 0 amide bonds. The topological polar surface area (TPSA) is 122 Å². The average Bonchev–Trinajstić information content (AvgIpc) is 2.85. The van der Waals surface area contributed by atoms with Gasteiger partial charge in [0.25, 0.3) is 3.79 Å². The van der Waals surface area contributed by atoms with Crippen molar-refractivity contribution in [3.63, 3.8) is 0 Å². The molecule has 110 valence electrons. The normalized spacial score (nSPS) is 14.4. The van der Waals surface area contributed by atoms with Crippen molar-refractivity contribution in [2.75, 3.05) is 6.54 Å². The van der Waals surface area contributed by atoms with E-state index in [1.165, 1.54) is 12.3 Å². The predicted molar refractivity (Wildman–Crippen MR) is 75.0 cm³/mol. The Morgan fingerprint density at radius 3 is 2.70 bits per heavy atom. The van der Waals surface area contributed by atoms with Gasteiger partial charge in [-0.3, -0.25) is 4.79 Å². The third-order valence-electron chi connectivity index (χ3n) is 2.50. The highest BCUT2D eigenvalue weighted by atomic mass is 35.6. The van der Waals surface area contributed by atoms with Gasteiger partial charge in [0.1, 0.15) is 6.10 Å². The number of aliphatic hydroxyl groups excluding tert-OH is 2. The Kier molecular flexibility index (Phi) is 6.13. The van der Waals surface area contributed by atoms with Crippen LogP contribution in [-0.4, -0.2) is 37.4 Å². The van der Waals surface area contributed by atoms with E-state index in [-0.39, 0.29) is 24.2 Å². The van der Waals surface area contributed by atoms with Gasteiger partial charge in [-0.25, -0.2) is 0 Å². The Morgan fingerprint density at radius 2 is 2.15 bits per heavy atom. The second kappa shape index (κ2) is 7.17. The first-order chi connectivity index (χ1) is 9.27. The Hall–Kier alpha value is -0.950. The van der Waals surface area contributed by atoms with E-state index in [0.717, 1.165) is 0 Å². The van der Waals surface area contributed by atoms with Crippen LogP contribution in [0.1, 0.15) is 28.6 Å². The number of aromatic nitrogens is 1. The van der Waals surface area contributed by atoms with Gasteiger partial charge < -0.3 is 15.2 Å². The number of halogens is 3. The summed E-state index contributed by atoms with van der Waals surface area (Å²) in [6, 6.07) is 1.28. The van der Waals surface area contributed by atoms with Crippen LogP contribution >= 0.6 is 34.8 Å². The Balaban J connectivity index is 2.76. The maximum atomic E-state index is 11.7. The molecule has 0 saturated carbocycles. The Labute approximate surface area is 129 Å². The summed E-state index contributed by atoms with van der Waals surface area (Å²) >= 11 is 16.4. The number of carbonyl (C=O) groups excluding carboxylic acids is 1. The van der Waals surface area contributed by atoms with Gasteiger partial charge in [0, 0.05) is 23.2 Å². The molecular formula is C10H11Cl3N4O3. The van der Waals surface area contributed by atoms with Gasteiger partial charge >= 0.3 is 0 Å². The molecule has 0 aliphatic heterocycles. The second-order valence-corrected chi connectivity index (χ2v) is 6.21. The van der Waals surface area contributed by atoms with Crippen LogP contribution in [0.15, 0.2) is 17.4 Å². The van der Waals surface area contributed by atoms with E-state index in [2.05, 4.69) is 15.0 Å². The van der Waals surface area contributed by atoms with Crippen molar-refractivity contribution < 1.29 is 15.0 Å². The first-order valence-corrected chi connectivity index (χ1v) is 6.57. The van der Waals surface area contributed by atoms with E-state index in [9.17, 15) is 15.0 Å². The van der Waals surface area contributed by atoms with Crippen LogP contribution in [0.5, 0.6) is 0 Å². The number of nitrogens with zero attached hydrogens (tertiary/aromatic N) is 3. The fourth-order valence-corrected chi connectivity index (χ4v) is 1.79. The maximum Gasteiger partial charge on any atom is 0.254 e. The molecule has 1 aromatic heterocycles. The third kappa shape index (κ3) is 4.56. The van der Waals surface area contributed by atoms with Crippen molar-refractivity contribution in [2.45, 2.75) is 22.4 Å². The van der Waals surface area contributed by atoms with Crippen LogP contribution in [0, 0.1) is 0 Å². The van der Waals surface area contributed by atoms with Gasteiger partial charge in [-0.1, -0.05) is 39.9 Å². The lowest BCUT2D eigenvalue weighted by Crippen LogP contribution is -2.20. The Morgan fingerprint density at radius 1 is 1.50 bits per heavy atom. The molecule has 1 rings (SSSR count). The standard InChI is InChI=1S/C10H11Cl3N4O3/c11-10(12,13)9(20)6-3-5(4-15-6)8(19)7(18)1-2-16-17-14/h3-4,7-8,15,18-19H,1-2H2. The van der Waals surface area contributed by atoms with Crippen LogP contribution in [-0.2, 0) is 0 Å². The van der Waals surface area contributed by atoms with Crippen LogP contribution in [0.2, 0.25) is 0 Å². The van der Waals surface area contributed by atoms with Crippen molar-refractivity contribution in [1.82, 2.24) is 4.98 Å². The average molecular weight is 342 g/mol. The minimum Gasteiger partial charge on any atom is -0.390 e. The van der Waals surface area contributed by atoms with Crippen LogP contribution in [0.4, 0.5) is 0 Å². The number of Topliss-reactive ketones (excluding diaryl/α,β-unsaturated/α-hetero) is 1. The molecule has 0 saturated heterocycles. The zero-order valence-electron chi connectivity index (χ0n) is 10.0. The van der Waals surface area contributed by atoms with E-state index in [4.69, 9.17) is 40.3 Å². The molecule has 0 radical (unpaired) electrons. The van der Waals surface area contributed by atoms with Gasteiger partial charge in [-0.05, 0) is 18.0 Å². The lowest BCUT2D eigenvalue weighted by Gasteiger charge is -2.15. The van der Waals surface area contributed by atoms with E-state index in [1.54, 1.807) is 0 Å². The summed E-state index contributed by atoms with van der Waals surface area (Å²) in [5.74, 6) is -0.774. The fraction of sp³-hybridized carbons (Fsp3) is 0.500. The van der Waals surface area contributed by atoms with Gasteiger partial charge in [0.2, 0.25) is 5.78 Å². The highest BCUT2D eigenvalue weighted by molar-refractivity contribution is 6.77. The monoisotopic (exact) mass is 340 g/mol. The number of aliphatic hydroxyl groups is 2. The minimum atomic E-state index is -2.10. The van der Waals surface area contributed by atoms with Gasteiger partial charge in [-0.2, -0.15) is 0 Å². The SMILES string of the molecule is [N-]=[N+]=NCCC(O)C(O)c1c[nH]c(C(=O)C(Cl)(Cl)Cl)c1. The first-order valence-electron chi connectivity index (χ1n) is 5.44. The molecule has 0 aliphatic carbocycles. The molecule has 0 aliphatic rings. The van der Waals surface area contributed by atoms with Crippen LogP contribution < -0.4 is 0 Å². The maximum absolute atomic E-state index is 11.7. The summed E-state index contributed by atoms with van der Waals surface area (Å²) in [6.07, 6.45) is -1.00. The quantitative estimate of drug-likeness (QED) is 0.242. The summed E-state index contributed by atoms with van der Waals surface area (Å²) in [6.45, 7) is 0.0408. The summed E-state index contributed by atoms with van der Waals surface area (Å²) < 4.78 is -2.10. The largest absolute Gasteiger partial charge is 0.390 e. The number of azide groups is 1. The highest BCUT2D eigenvalue weighted by Crippen LogP contribution is 2.31. The predicted octanol–water partition coefficient (Wildman–Crippen LogP) is 2.66. The molecule has 7 nitrogen and oxygen atoms in total. The Bertz CT molecular complexity index is 522. The second-order valence-electron chi connectivity index (χ2n) is 3.93. The number of nitrogens with one attached hydrogen (secondary N) is 1. The van der Waals surface area contributed by atoms with Gasteiger partial charge in [0.15, 0.2) is 0 Å². The lowest BCUT2D eigenvalue weighted by atomic mass is 10.0. The van der Waals surface area contributed by atoms with E-state index >= 15 is 0 Å². The van der Waals surface area contributed by atoms with Crippen molar-refractivity contribution in [2.24, 2.45) is 5.11 Å². The number of hydrogen-bond donors (Lipinski definition) is 3. The van der Waals surface area contributed by atoms with Crippen molar-refractivity contribution in [1.29, 1.82) is 0 Å². The van der Waals surface area contributed by atoms with Gasteiger partial charge in [-0.15, -0.1) is 0 Å². The molecule has 1 aromatic rings. The van der Waals surface area contributed by atoms with Crippen molar-refractivity contribution in [3.8, 4) is 0 Å². The van der Waals surface area contributed by atoms with E-state index < -0.39 is 21.8 Å². The summed E-state index contributed by atoms with van der Waals surface area (Å²) in [7, 11) is 0. The number of alkyl halides is 3. The molecular weight excluding hydrogens is 330 g/mol. The summed E-state index contributed by atoms with van der Waals surface area (Å²) in [5, 5.41) is 22.8. The first kappa shape index (κ1) is 17.1. The highest BCUT2D eigenvalue weighted by Gasteiger charge is 2.33. The number of aromatic amines is 1. The molecule has 10 heteroatoms. The molecule has 20 heavy (non-hydrogen) atoms. The summed E-state index contributed by atoms with van der Waals surface area (Å²) in [4.78, 5) is 16.7. The van der Waals surface area contributed by atoms with E-state index in [1.807, 2.05) is 0 Å². The van der Waals surface area contributed by atoms with E-state index in [0.29, 0.717) is 0 Å². The van der Waals surface area contributed by atoms with Crippen molar-refractivity contribution in [3.05, 3.63) is 34.0 Å². The molecule has 0 spiro atoms. The number of carbonyl (C=O) groups is 1. The molecule has 0 fully saturated rings. The number of ketones is 1.